The number of benzene rings is 1. The van der Waals surface area contributed by atoms with Crippen molar-refractivity contribution in [3.8, 4) is 0 Å². The second kappa shape index (κ2) is 8.29. The van der Waals surface area contributed by atoms with Gasteiger partial charge in [0.15, 0.2) is 0 Å². The van der Waals surface area contributed by atoms with Gasteiger partial charge in [0.05, 0.1) is 6.04 Å². The molecule has 1 saturated heterocycles. The van der Waals surface area contributed by atoms with Crippen molar-refractivity contribution in [2.24, 2.45) is 0 Å². The Kier molecular flexibility index (Phi) is 6.39. The zero-order chi connectivity index (χ0) is 15.1. The molecule has 0 bridgehead atoms. The Hall–Kier alpha value is -1.20. The van der Waals surface area contributed by atoms with Crippen LogP contribution in [0.25, 0.3) is 0 Å². The highest BCUT2D eigenvalue weighted by molar-refractivity contribution is 7.99. The molecule has 2 rings (SSSR count). The third-order valence-electron chi connectivity index (χ3n) is 3.74. The molecular formula is C16H25N3OS. The van der Waals surface area contributed by atoms with Gasteiger partial charge < -0.3 is 10.6 Å². The molecule has 1 aromatic rings. The Morgan fingerprint density at radius 3 is 2.57 bits per heavy atom. The van der Waals surface area contributed by atoms with Crippen molar-refractivity contribution in [2.75, 3.05) is 36.5 Å². The fraction of sp³-hybridized carbons (Fsp3) is 0.562. The number of amides is 1. The van der Waals surface area contributed by atoms with Crippen LogP contribution in [0.2, 0.25) is 0 Å². The molecule has 1 fully saturated rings. The smallest absolute Gasteiger partial charge is 0.237 e. The molecular weight excluding hydrogens is 282 g/mol. The molecule has 0 saturated carbocycles. The van der Waals surface area contributed by atoms with Crippen molar-refractivity contribution in [1.82, 2.24) is 10.2 Å². The molecule has 21 heavy (non-hydrogen) atoms. The maximum absolute atomic E-state index is 12.2. The number of para-hydroxylation sites is 1. The maximum atomic E-state index is 12.2. The molecule has 0 radical (unpaired) electrons. The number of hydrogen-bond donors (Lipinski definition) is 2. The summed E-state index contributed by atoms with van der Waals surface area (Å²) in [6, 6.07) is 10.2. The summed E-state index contributed by atoms with van der Waals surface area (Å²) in [4.78, 5) is 14.5. The van der Waals surface area contributed by atoms with Crippen LogP contribution in [0.15, 0.2) is 30.3 Å². The lowest BCUT2D eigenvalue weighted by molar-refractivity contribution is -0.125. The summed E-state index contributed by atoms with van der Waals surface area (Å²) >= 11 is 1.96. The van der Waals surface area contributed by atoms with Crippen LogP contribution in [-0.2, 0) is 4.79 Å². The van der Waals surface area contributed by atoms with E-state index >= 15 is 0 Å². The highest BCUT2D eigenvalue weighted by Crippen LogP contribution is 2.12. The van der Waals surface area contributed by atoms with Crippen LogP contribution in [0.3, 0.4) is 0 Å². The van der Waals surface area contributed by atoms with Crippen molar-refractivity contribution in [3.05, 3.63) is 30.3 Å². The second-order valence-corrected chi connectivity index (χ2v) is 6.71. The van der Waals surface area contributed by atoms with E-state index in [9.17, 15) is 4.79 Å². The number of carbonyl (C=O) groups is 1. The van der Waals surface area contributed by atoms with Crippen LogP contribution < -0.4 is 10.6 Å². The zero-order valence-corrected chi connectivity index (χ0v) is 13.7. The topological polar surface area (TPSA) is 44.4 Å². The summed E-state index contributed by atoms with van der Waals surface area (Å²) in [6.07, 6.45) is 0. The lowest BCUT2D eigenvalue weighted by Gasteiger charge is -2.31. The van der Waals surface area contributed by atoms with E-state index < -0.39 is 0 Å². The SMILES string of the molecule is C[C@H](CNC(=O)[C@H](C)N1CCSCC1)Nc1ccccc1. The highest BCUT2D eigenvalue weighted by Gasteiger charge is 2.22. The van der Waals surface area contributed by atoms with Crippen LogP contribution in [0, 0.1) is 0 Å². The Labute approximate surface area is 131 Å². The lowest BCUT2D eigenvalue weighted by Crippen LogP contribution is -2.49. The van der Waals surface area contributed by atoms with Gasteiger partial charge in [-0.25, -0.2) is 0 Å². The fourth-order valence-electron chi connectivity index (χ4n) is 2.40. The normalized spacial score (nSPS) is 18.8. The van der Waals surface area contributed by atoms with Gasteiger partial charge in [-0.05, 0) is 26.0 Å². The van der Waals surface area contributed by atoms with Gasteiger partial charge in [0.1, 0.15) is 0 Å². The molecule has 116 valence electrons. The van der Waals surface area contributed by atoms with Crippen LogP contribution in [-0.4, -0.2) is 54.0 Å². The first-order valence-electron chi connectivity index (χ1n) is 7.58. The van der Waals surface area contributed by atoms with E-state index in [0.29, 0.717) is 6.54 Å². The number of rotatable bonds is 6. The third-order valence-corrected chi connectivity index (χ3v) is 4.68. The van der Waals surface area contributed by atoms with E-state index in [2.05, 4.69) is 22.5 Å². The van der Waals surface area contributed by atoms with Gasteiger partial charge in [0.25, 0.3) is 0 Å². The molecule has 5 heteroatoms. The van der Waals surface area contributed by atoms with Crippen molar-refractivity contribution in [3.63, 3.8) is 0 Å². The average molecular weight is 307 g/mol. The van der Waals surface area contributed by atoms with Crippen molar-refractivity contribution in [2.45, 2.75) is 25.9 Å². The minimum Gasteiger partial charge on any atom is -0.381 e. The van der Waals surface area contributed by atoms with Crippen molar-refractivity contribution < 1.29 is 4.79 Å². The van der Waals surface area contributed by atoms with E-state index in [1.165, 1.54) is 0 Å². The summed E-state index contributed by atoms with van der Waals surface area (Å²) < 4.78 is 0. The zero-order valence-electron chi connectivity index (χ0n) is 12.8. The summed E-state index contributed by atoms with van der Waals surface area (Å²) in [6.45, 7) is 6.74. The third kappa shape index (κ3) is 5.25. The Morgan fingerprint density at radius 1 is 1.24 bits per heavy atom. The summed E-state index contributed by atoms with van der Waals surface area (Å²) in [5, 5.41) is 6.43. The molecule has 0 spiro atoms. The monoisotopic (exact) mass is 307 g/mol. The average Bonchev–Trinajstić information content (AvgIpc) is 2.53. The van der Waals surface area contributed by atoms with E-state index in [1.54, 1.807) is 0 Å². The molecule has 4 nitrogen and oxygen atoms in total. The fourth-order valence-corrected chi connectivity index (χ4v) is 3.33. The molecule has 0 aromatic heterocycles. The van der Waals surface area contributed by atoms with Gasteiger partial charge in [-0.15, -0.1) is 0 Å². The van der Waals surface area contributed by atoms with Gasteiger partial charge in [-0.2, -0.15) is 11.8 Å². The Morgan fingerprint density at radius 2 is 1.90 bits per heavy atom. The minimum atomic E-state index is -0.0326. The number of nitrogens with one attached hydrogen (secondary N) is 2. The van der Waals surface area contributed by atoms with Gasteiger partial charge in [-0.3, -0.25) is 9.69 Å². The Bertz CT molecular complexity index is 434. The van der Waals surface area contributed by atoms with Crippen molar-refractivity contribution >= 4 is 23.4 Å². The molecule has 1 amide bonds. The first-order chi connectivity index (χ1) is 10.2. The summed E-state index contributed by atoms with van der Waals surface area (Å²) in [7, 11) is 0. The van der Waals surface area contributed by atoms with Gasteiger partial charge in [-0.1, -0.05) is 18.2 Å². The van der Waals surface area contributed by atoms with E-state index in [-0.39, 0.29) is 18.0 Å². The number of thioether (sulfide) groups is 1. The van der Waals surface area contributed by atoms with Crippen LogP contribution in [0.1, 0.15) is 13.8 Å². The first-order valence-corrected chi connectivity index (χ1v) is 8.73. The van der Waals surface area contributed by atoms with Gasteiger partial charge >= 0.3 is 0 Å². The number of nitrogens with zero attached hydrogens (tertiary/aromatic N) is 1. The Balaban J connectivity index is 1.72. The molecule has 1 aliphatic heterocycles. The number of hydrogen-bond acceptors (Lipinski definition) is 4. The highest BCUT2D eigenvalue weighted by atomic mass is 32.2. The predicted molar refractivity (Wildman–Crippen MR) is 90.9 cm³/mol. The van der Waals surface area contributed by atoms with Crippen molar-refractivity contribution in [1.29, 1.82) is 0 Å². The van der Waals surface area contributed by atoms with E-state index in [0.717, 1.165) is 30.3 Å². The summed E-state index contributed by atoms with van der Waals surface area (Å²) in [5.74, 6) is 2.39. The van der Waals surface area contributed by atoms with E-state index in [4.69, 9.17) is 0 Å². The molecule has 2 N–H and O–H groups in total. The lowest BCUT2D eigenvalue weighted by atomic mass is 10.2. The molecule has 0 unspecified atom stereocenters. The van der Waals surface area contributed by atoms with Crippen LogP contribution >= 0.6 is 11.8 Å². The van der Waals surface area contributed by atoms with Crippen LogP contribution in [0.5, 0.6) is 0 Å². The molecule has 1 aliphatic rings. The maximum Gasteiger partial charge on any atom is 0.237 e. The van der Waals surface area contributed by atoms with Crippen LogP contribution in [0.4, 0.5) is 5.69 Å². The predicted octanol–water partition coefficient (Wildman–Crippen LogP) is 2.04. The molecule has 1 heterocycles. The second-order valence-electron chi connectivity index (χ2n) is 5.48. The largest absolute Gasteiger partial charge is 0.381 e. The quantitative estimate of drug-likeness (QED) is 0.844. The van der Waals surface area contributed by atoms with E-state index in [1.807, 2.05) is 49.0 Å². The molecule has 0 aliphatic carbocycles. The first kappa shape index (κ1) is 16.2. The standard InChI is InChI=1S/C16H25N3OS/c1-13(18-15-6-4-3-5-7-15)12-17-16(20)14(2)19-8-10-21-11-9-19/h3-7,13-14,18H,8-12H2,1-2H3,(H,17,20)/t13-,14+/m1/s1. The summed E-state index contributed by atoms with van der Waals surface area (Å²) in [5.41, 5.74) is 1.08. The van der Waals surface area contributed by atoms with Gasteiger partial charge in [0, 0.05) is 42.9 Å². The molecule has 2 atom stereocenters. The number of carbonyl (C=O) groups excluding carboxylic acids is 1. The number of anilines is 1. The minimum absolute atomic E-state index is 0.0326. The van der Waals surface area contributed by atoms with Gasteiger partial charge in [0.2, 0.25) is 5.91 Å². The molecule has 1 aromatic carbocycles.